The Hall–Kier alpha value is -1.35. The summed E-state index contributed by atoms with van der Waals surface area (Å²) >= 11 is 0. The number of guanidine groups is 2. The molecule has 0 aliphatic heterocycles. The molecular formula is C8H23N6O4P. The van der Waals surface area contributed by atoms with E-state index in [1.165, 1.54) is 0 Å². The minimum Gasteiger partial charge on any atom is -0.370 e. The summed E-state index contributed by atoms with van der Waals surface area (Å²) in [5.74, 6) is 0.189. The zero-order chi connectivity index (χ0) is 15.3. The summed E-state index contributed by atoms with van der Waals surface area (Å²) in [6.07, 6.45) is 4.20. The van der Waals surface area contributed by atoms with Gasteiger partial charge in [-0.15, -0.1) is 0 Å². The van der Waals surface area contributed by atoms with E-state index in [0.717, 1.165) is 32.2 Å². The van der Waals surface area contributed by atoms with Crippen molar-refractivity contribution < 1.29 is 19.2 Å². The van der Waals surface area contributed by atoms with Gasteiger partial charge >= 0.3 is 7.82 Å². The fourth-order valence-electron chi connectivity index (χ4n) is 1.02. The van der Waals surface area contributed by atoms with Crippen LogP contribution in [0.4, 0.5) is 0 Å². The third-order valence-corrected chi connectivity index (χ3v) is 1.69. The van der Waals surface area contributed by atoms with Crippen LogP contribution in [-0.4, -0.2) is 39.7 Å². The Kier molecular flexibility index (Phi) is 12.3. The third-order valence-electron chi connectivity index (χ3n) is 1.69. The van der Waals surface area contributed by atoms with Crippen molar-refractivity contribution in [1.29, 1.82) is 5.41 Å². The van der Waals surface area contributed by atoms with Crippen LogP contribution in [0.15, 0.2) is 4.99 Å². The Morgan fingerprint density at radius 2 is 1.58 bits per heavy atom. The van der Waals surface area contributed by atoms with Gasteiger partial charge in [0.2, 0.25) is 0 Å². The van der Waals surface area contributed by atoms with Crippen molar-refractivity contribution in [2.24, 2.45) is 22.2 Å². The van der Waals surface area contributed by atoms with Gasteiger partial charge in [-0.25, -0.2) is 4.57 Å². The molecule has 0 spiro atoms. The topological polar surface area (TPSA) is 204 Å². The molecule has 11 N–H and O–H groups in total. The Morgan fingerprint density at radius 3 is 2.00 bits per heavy atom. The second kappa shape index (κ2) is 11.7. The first-order valence-electron chi connectivity index (χ1n) is 5.54. The number of nitrogens with one attached hydrogen (secondary N) is 2. The van der Waals surface area contributed by atoms with Crippen LogP contribution in [0.2, 0.25) is 0 Å². The summed E-state index contributed by atoms with van der Waals surface area (Å²) in [5, 5.41) is 9.66. The van der Waals surface area contributed by atoms with Gasteiger partial charge in [0.15, 0.2) is 11.9 Å². The van der Waals surface area contributed by atoms with Crippen molar-refractivity contribution in [3.8, 4) is 0 Å². The molecule has 0 bridgehead atoms. The predicted molar refractivity (Wildman–Crippen MR) is 73.3 cm³/mol. The molecule has 0 aromatic heterocycles. The fourth-order valence-corrected chi connectivity index (χ4v) is 1.02. The highest BCUT2D eigenvalue weighted by molar-refractivity contribution is 7.45. The lowest BCUT2D eigenvalue weighted by atomic mass is 10.2. The largest absolute Gasteiger partial charge is 0.466 e. The van der Waals surface area contributed by atoms with Crippen LogP contribution >= 0.6 is 7.82 Å². The molecule has 11 heteroatoms. The van der Waals surface area contributed by atoms with Crippen molar-refractivity contribution in [2.75, 3.05) is 13.1 Å². The molecule has 0 amide bonds. The lowest BCUT2D eigenvalue weighted by Gasteiger charge is -2.02. The molecular weight excluding hydrogens is 275 g/mol. The molecule has 0 radical (unpaired) electrons. The maximum absolute atomic E-state index is 8.88. The van der Waals surface area contributed by atoms with Gasteiger partial charge in [0.1, 0.15) is 0 Å². The number of nitrogens with two attached hydrogens (primary N) is 3. The summed E-state index contributed by atoms with van der Waals surface area (Å²) < 4.78 is 8.88. The zero-order valence-electron chi connectivity index (χ0n) is 10.6. The lowest BCUT2D eigenvalue weighted by molar-refractivity contribution is 0.275. The molecule has 0 unspecified atom stereocenters. The van der Waals surface area contributed by atoms with Crippen molar-refractivity contribution in [2.45, 2.75) is 25.7 Å². The Morgan fingerprint density at radius 1 is 1.11 bits per heavy atom. The van der Waals surface area contributed by atoms with Gasteiger partial charge in [-0.1, -0.05) is 12.8 Å². The van der Waals surface area contributed by atoms with Crippen LogP contribution in [0.1, 0.15) is 25.7 Å². The molecule has 0 saturated heterocycles. The maximum atomic E-state index is 8.88. The van der Waals surface area contributed by atoms with Gasteiger partial charge in [0.05, 0.1) is 0 Å². The average Bonchev–Trinajstić information content (AvgIpc) is 2.18. The van der Waals surface area contributed by atoms with Crippen molar-refractivity contribution in [3.05, 3.63) is 0 Å². The normalized spacial score (nSPS) is 10.1. The molecule has 114 valence electrons. The van der Waals surface area contributed by atoms with Crippen LogP contribution in [0.5, 0.6) is 0 Å². The zero-order valence-corrected chi connectivity index (χ0v) is 11.5. The van der Waals surface area contributed by atoms with Crippen LogP contribution < -0.4 is 22.5 Å². The van der Waals surface area contributed by atoms with Gasteiger partial charge in [-0.3, -0.25) is 10.4 Å². The fraction of sp³-hybridized carbons (Fsp3) is 0.750. The molecule has 0 aliphatic rings. The standard InChI is InChI=1S/C8H20N6.H3O4P/c9-7(10)13-5-3-1-2-4-6-14-8(11)12;1-5(2,3)4/h1-6H2,(H4,9,10,13)(H4,11,12,14);(H3,1,2,3,4). The molecule has 0 atom stereocenters. The monoisotopic (exact) mass is 298 g/mol. The molecule has 10 nitrogen and oxygen atoms in total. The van der Waals surface area contributed by atoms with E-state index in [0.29, 0.717) is 6.54 Å². The van der Waals surface area contributed by atoms with Gasteiger partial charge in [-0.2, -0.15) is 0 Å². The molecule has 0 fully saturated rings. The van der Waals surface area contributed by atoms with Gasteiger partial charge in [0, 0.05) is 13.1 Å². The van der Waals surface area contributed by atoms with Crippen molar-refractivity contribution in [1.82, 2.24) is 5.32 Å². The Balaban J connectivity index is 0. The van der Waals surface area contributed by atoms with Crippen molar-refractivity contribution in [3.63, 3.8) is 0 Å². The summed E-state index contributed by atoms with van der Waals surface area (Å²) in [5.41, 5.74) is 15.5. The Labute approximate surface area is 111 Å². The number of hydrogen-bond donors (Lipinski definition) is 8. The first-order valence-corrected chi connectivity index (χ1v) is 7.11. The van der Waals surface area contributed by atoms with Gasteiger partial charge in [0.25, 0.3) is 0 Å². The van der Waals surface area contributed by atoms with E-state index in [-0.39, 0.29) is 11.9 Å². The molecule has 0 heterocycles. The number of phosphoric acid groups is 1. The van der Waals surface area contributed by atoms with E-state index >= 15 is 0 Å². The quantitative estimate of drug-likeness (QED) is 0.118. The Bertz CT molecular complexity index is 306. The van der Waals surface area contributed by atoms with Crippen LogP contribution in [0, 0.1) is 5.41 Å². The van der Waals surface area contributed by atoms with Crippen molar-refractivity contribution >= 4 is 19.7 Å². The van der Waals surface area contributed by atoms with Crippen LogP contribution in [0.3, 0.4) is 0 Å². The smallest absolute Gasteiger partial charge is 0.370 e. The highest BCUT2D eigenvalue weighted by Crippen LogP contribution is 2.25. The van der Waals surface area contributed by atoms with E-state index in [9.17, 15) is 0 Å². The molecule has 0 aliphatic carbocycles. The summed E-state index contributed by atoms with van der Waals surface area (Å²) in [6, 6.07) is 0. The molecule has 0 rings (SSSR count). The summed E-state index contributed by atoms with van der Waals surface area (Å²) in [6.45, 7) is 1.46. The number of aliphatic imine (C=N–C) groups is 1. The van der Waals surface area contributed by atoms with Crippen LogP contribution in [0.25, 0.3) is 0 Å². The second-order valence-electron chi connectivity index (χ2n) is 3.57. The minimum atomic E-state index is -4.64. The van der Waals surface area contributed by atoms with Crippen LogP contribution in [-0.2, 0) is 4.57 Å². The first kappa shape index (κ1) is 20.0. The van der Waals surface area contributed by atoms with E-state index in [2.05, 4.69) is 10.3 Å². The highest BCUT2D eigenvalue weighted by atomic mass is 31.2. The van der Waals surface area contributed by atoms with E-state index in [4.69, 9.17) is 41.9 Å². The van der Waals surface area contributed by atoms with E-state index < -0.39 is 7.82 Å². The number of rotatable bonds is 7. The van der Waals surface area contributed by atoms with Gasteiger partial charge < -0.3 is 37.2 Å². The number of unbranched alkanes of at least 4 members (excludes halogenated alkanes) is 3. The van der Waals surface area contributed by atoms with Gasteiger partial charge in [-0.05, 0) is 12.8 Å². The molecule has 0 saturated carbocycles. The maximum Gasteiger partial charge on any atom is 0.466 e. The lowest BCUT2D eigenvalue weighted by Crippen LogP contribution is -2.30. The summed E-state index contributed by atoms with van der Waals surface area (Å²) in [4.78, 5) is 25.4. The minimum absolute atomic E-state index is 0.0329. The number of nitrogens with zero attached hydrogens (tertiary/aromatic N) is 1. The van der Waals surface area contributed by atoms with E-state index in [1.54, 1.807) is 0 Å². The molecule has 0 aromatic carbocycles. The van der Waals surface area contributed by atoms with E-state index in [1.807, 2.05) is 0 Å². The first-order chi connectivity index (χ1) is 8.63. The third kappa shape index (κ3) is 38.4. The average molecular weight is 298 g/mol. The number of hydrogen-bond acceptors (Lipinski definition) is 3. The highest BCUT2D eigenvalue weighted by Gasteiger charge is 2.00. The SMILES string of the molecule is N=C(N)NCCCCCCN=C(N)N.O=P(O)(O)O. The molecule has 0 aromatic rings. The summed E-state index contributed by atoms with van der Waals surface area (Å²) in [7, 11) is -4.64. The predicted octanol–water partition coefficient (Wildman–Crippen LogP) is -1.63. The second-order valence-corrected chi connectivity index (χ2v) is 4.60. The molecule has 19 heavy (non-hydrogen) atoms.